The number of carbonyl (C=O) groups excluding carboxylic acids is 2. The monoisotopic (exact) mass is 256 g/mol. The molecule has 0 bridgehead atoms. The summed E-state index contributed by atoms with van der Waals surface area (Å²) in [5.41, 5.74) is 0. The maximum Gasteiger partial charge on any atom is 0.326 e. The number of aliphatic carboxylic acids is 1. The van der Waals surface area contributed by atoms with E-state index in [1.165, 1.54) is 0 Å². The van der Waals surface area contributed by atoms with Gasteiger partial charge in [-0.1, -0.05) is 0 Å². The lowest BCUT2D eigenvalue weighted by Crippen LogP contribution is -2.47. The molecule has 3 N–H and O–H groups in total. The van der Waals surface area contributed by atoms with Crippen molar-refractivity contribution in [1.29, 1.82) is 0 Å². The Morgan fingerprint density at radius 2 is 2.06 bits per heavy atom. The van der Waals surface area contributed by atoms with Crippen LogP contribution in [0.4, 0.5) is 4.79 Å². The molecule has 7 nitrogen and oxygen atoms in total. The summed E-state index contributed by atoms with van der Waals surface area (Å²) < 4.78 is 4.33. The van der Waals surface area contributed by atoms with Crippen molar-refractivity contribution < 1.29 is 24.2 Å². The number of urea groups is 1. The zero-order chi connectivity index (χ0) is 14.0. The van der Waals surface area contributed by atoms with E-state index in [0.717, 1.165) is 7.11 Å². The average Bonchev–Trinajstić information content (AvgIpc) is 2.33. The van der Waals surface area contributed by atoms with Crippen LogP contribution < -0.4 is 10.6 Å². The molecule has 0 heterocycles. The minimum Gasteiger partial charge on any atom is -0.480 e. The van der Waals surface area contributed by atoms with Gasteiger partial charge in [-0.05, 0) is 6.92 Å². The number of rotatable bonds is 6. The Bertz CT molecular complexity index is 369. The number of ether oxygens (including phenoxy) is 1. The third-order valence-corrected chi connectivity index (χ3v) is 1.91. The number of carboxylic acid groups (broad SMARTS) is 1. The molecule has 1 atom stereocenters. The third-order valence-electron chi connectivity index (χ3n) is 1.91. The Morgan fingerprint density at radius 1 is 1.39 bits per heavy atom. The lowest BCUT2D eigenvalue weighted by atomic mass is 10.2. The molecule has 2 amide bonds. The van der Waals surface area contributed by atoms with E-state index in [2.05, 4.69) is 27.2 Å². The molecule has 18 heavy (non-hydrogen) atoms. The van der Waals surface area contributed by atoms with Crippen molar-refractivity contribution in [3.63, 3.8) is 0 Å². The van der Waals surface area contributed by atoms with Gasteiger partial charge in [0, 0.05) is 13.0 Å². The fourth-order valence-corrected chi connectivity index (χ4v) is 1.02. The van der Waals surface area contributed by atoms with E-state index in [0.29, 0.717) is 13.0 Å². The molecule has 0 saturated carbocycles. The minimum absolute atomic E-state index is 0.303. The molecule has 0 aliphatic carbocycles. The van der Waals surface area contributed by atoms with Crippen LogP contribution in [-0.4, -0.2) is 42.8 Å². The quantitative estimate of drug-likeness (QED) is 0.344. The van der Waals surface area contributed by atoms with Gasteiger partial charge in [0.15, 0.2) is 0 Å². The predicted octanol–water partition coefficient (Wildman–Crippen LogP) is -0.285. The van der Waals surface area contributed by atoms with Crippen LogP contribution in [-0.2, 0) is 14.3 Å². The topological polar surface area (TPSA) is 105 Å². The highest BCUT2D eigenvalue weighted by Gasteiger charge is 2.23. The van der Waals surface area contributed by atoms with Gasteiger partial charge in [0.25, 0.3) is 0 Å². The van der Waals surface area contributed by atoms with E-state index in [1.54, 1.807) is 6.92 Å². The molecule has 0 rings (SSSR count). The van der Waals surface area contributed by atoms with Crippen LogP contribution in [0, 0.1) is 11.8 Å². The van der Waals surface area contributed by atoms with Crippen molar-refractivity contribution in [2.45, 2.75) is 25.8 Å². The van der Waals surface area contributed by atoms with Gasteiger partial charge in [0.05, 0.1) is 13.5 Å². The van der Waals surface area contributed by atoms with Crippen molar-refractivity contribution in [2.24, 2.45) is 0 Å². The summed E-state index contributed by atoms with van der Waals surface area (Å²) in [4.78, 5) is 33.0. The molecule has 0 unspecified atom stereocenters. The van der Waals surface area contributed by atoms with Crippen LogP contribution in [0.25, 0.3) is 0 Å². The lowest BCUT2D eigenvalue weighted by Gasteiger charge is -2.13. The van der Waals surface area contributed by atoms with E-state index < -0.39 is 30.4 Å². The van der Waals surface area contributed by atoms with E-state index in [-0.39, 0.29) is 0 Å². The Balaban J connectivity index is 4.14. The normalized spacial score (nSPS) is 10.6. The van der Waals surface area contributed by atoms with Gasteiger partial charge in [-0.3, -0.25) is 4.79 Å². The molecule has 0 aliphatic heterocycles. The molecule has 100 valence electrons. The first kappa shape index (κ1) is 15.8. The summed E-state index contributed by atoms with van der Waals surface area (Å²) in [5.74, 6) is 3.38. The Labute approximate surface area is 105 Å². The number of hydrogen-bond acceptors (Lipinski definition) is 4. The van der Waals surface area contributed by atoms with Crippen LogP contribution in [0.3, 0.4) is 0 Å². The predicted molar refractivity (Wildman–Crippen MR) is 62.7 cm³/mol. The van der Waals surface area contributed by atoms with Gasteiger partial charge in [-0.15, -0.1) is 11.8 Å². The SMILES string of the molecule is CC#CCCNC(=O)N[C@@H](CC(=O)OC)C(=O)O. The van der Waals surface area contributed by atoms with E-state index in [1.807, 2.05) is 0 Å². The Kier molecular flexibility index (Phi) is 7.77. The van der Waals surface area contributed by atoms with E-state index in [9.17, 15) is 14.4 Å². The van der Waals surface area contributed by atoms with E-state index in [4.69, 9.17) is 5.11 Å². The smallest absolute Gasteiger partial charge is 0.326 e. The molecular formula is C11H16N2O5. The van der Waals surface area contributed by atoms with Gasteiger partial charge in [-0.25, -0.2) is 9.59 Å². The summed E-state index contributed by atoms with van der Waals surface area (Å²) >= 11 is 0. The van der Waals surface area contributed by atoms with Crippen LogP contribution in [0.1, 0.15) is 19.8 Å². The van der Waals surface area contributed by atoms with Gasteiger partial charge in [0.1, 0.15) is 6.04 Å². The number of methoxy groups -OCH3 is 1. The second-order valence-electron chi connectivity index (χ2n) is 3.25. The molecule has 0 aromatic rings. The summed E-state index contributed by atoms with van der Waals surface area (Å²) in [5, 5.41) is 13.4. The van der Waals surface area contributed by atoms with Crippen molar-refractivity contribution in [3.8, 4) is 11.8 Å². The van der Waals surface area contributed by atoms with Gasteiger partial charge < -0.3 is 20.5 Å². The Morgan fingerprint density at radius 3 is 2.56 bits per heavy atom. The molecule has 0 radical (unpaired) electrons. The maximum absolute atomic E-state index is 11.3. The summed E-state index contributed by atoms with van der Waals surface area (Å²) in [6.07, 6.45) is 0.0483. The number of hydrogen-bond donors (Lipinski definition) is 3. The number of amides is 2. The van der Waals surface area contributed by atoms with Crippen molar-refractivity contribution >= 4 is 18.0 Å². The van der Waals surface area contributed by atoms with Crippen LogP contribution >= 0.6 is 0 Å². The number of carboxylic acids is 1. The summed E-state index contributed by atoms with van der Waals surface area (Å²) in [6.45, 7) is 1.98. The van der Waals surface area contributed by atoms with Crippen molar-refractivity contribution in [3.05, 3.63) is 0 Å². The first-order valence-corrected chi connectivity index (χ1v) is 5.24. The third kappa shape index (κ3) is 7.11. The fraction of sp³-hybridized carbons (Fsp3) is 0.545. The first-order chi connectivity index (χ1) is 8.51. The van der Waals surface area contributed by atoms with Gasteiger partial charge in [-0.2, -0.15) is 0 Å². The minimum atomic E-state index is -1.31. The number of nitrogens with one attached hydrogen (secondary N) is 2. The van der Waals surface area contributed by atoms with Crippen molar-refractivity contribution in [1.82, 2.24) is 10.6 Å². The molecular weight excluding hydrogens is 240 g/mol. The Hall–Kier alpha value is -2.23. The zero-order valence-corrected chi connectivity index (χ0v) is 10.3. The standard InChI is InChI=1S/C11H16N2O5/c1-3-4-5-6-12-11(17)13-8(10(15)16)7-9(14)18-2/h8H,5-7H2,1-2H3,(H,15,16)(H2,12,13,17)/t8-/m0/s1. The number of esters is 1. The highest BCUT2D eigenvalue weighted by atomic mass is 16.5. The lowest BCUT2D eigenvalue weighted by molar-refractivity contribution is -0.147. The largest absolute Gasteiger partial charge is 0.480 e. The fourth-order valence-electron chi connectivity index (χ4n) is 1.02. The van der Waals surface area contributed by atoms with E-state index >= 15 is 0 Å². The molecule has 0 spiro atoms. The van der Waals surface area contributed by atoms with Crippen LogP contribution in [0.15, 0.2) is 0 Å². The summed E-state index contributed by atoms with van der Waals surface area (Å²) in [6, 6.07) is -1.97. The highest BCUT2D eigenvalue weighted by Crippen LogP contribution is 1.95. The molecule has 0 aromatic heterocycles. The zero-order valence-electron chi connectivity index (χ0n) is 10.3. The van der Waals surface area contributed by atoms with Crippen LogP contribution in [0.2, 0.25) is 0 Å². The second-order valence-corrected chi connectivity index (χ2v) is 3.25. The molecule has 0 fully saturated rings. The average molecular weight is 256 g/mol. The highest BCUT2D eigenvalue weighted by molar-refractivity contribution is 5.86. The van der Waals surface area contributed by atoms with Gasteiger partial charge >= 0.3 is 18.0 Å². The second kappa shape index (κ2) is 8.87. The molecule has 7 heteroatoms. The maximum atomic E-state index is 11.3. The van der Waals surface area contributed by atoms with Crippen LogP contribution in [0.5, 0.6) is 0 Å². The molecule has 0 saturated heterocycles. The first-order valence-electron chi connectivity index (χ1n) is 5.24. The number of carbonyl (C=O) groups is 3. The molecule has 0 aromatic carbocycles. The summed E-state index contributed by atoms with van der Waals surface area (Å²) in [7, 11) is 1.14. The van der Waals surface area contributed by atoms with Crippen molar-refractivity contribution in [2.75, 3.05) is 13.7 Å². The molecule has 0 aliphatic rings. The van der Waals surface area contributed by atoms with Gasteiger partial charge in [0.2, 0.25) is 0 Å².